The topological polar surface area (TPSA) is 50.7 Å². The molecule has 0 bridgehead atoms. The summed E-state index contributed by atoms with van der Waals surface area (Å²) in [5.41, 5.74) is 0.928. The van der Waals surface area contributed by atoms with Crippen LogP contribution in [0.25, 0.3) is 10.8 Å². The number of benzene rings is 1. The van der Waals surface area contributed by atoms with Crippen LogP contribution in [-0.2, 0) is 0 Å². The molecule has 0 aliphatic carbocycles. The molecule has 0 saturated heterocycles. The third kappa shape index (κ3) is 2.10. The van der Waals surface area contributed by atoms with Crippen LogP contribution in [-0.4, -0.2) is 15.0 Å². The zero-order valence-electron chi connectivity index (χ0n) is 9.34. The van der Waals surface area contributed by atoms with Gasteiger partial charge in [0.1, 0.15) is 5.15 Å². The summed E-state index contributed by atoms with van der Waals surface area (Å²) in [4.78, 5) is 12.3. The molecule has 0 aliphatic rings. The Morgan fingerprint density at radius 2 is 1.94 bits per heavy atom. The molecule has 1 N–H and O–H groups in total. The number of halogens is 1. The third-order valence-corrected chi connectivity index (χ3v) is 2.73. The molecule has 0 amide bonds. The van der Waals surface area contributed by atoms with E-state index in [-0.39, 0.29) is 0 Å². The monoisotopic (exact) mass is 256 g/mol. The van der Waals surface area contributed by atoms with Crippen molar-refractivity contribution in [1.29, 1.82) is 0 Å². The van der Waals surface area contributed by atoms with E-state index < -0.39 is 0 Å². The van der Waals surface area contributed by atoms with Gasteiger partial charge in [0.25, 0.3) is 0 Å². The molecule has 1 aromatic carbocycles. The Bertz CT molecular complexity index is 694. The number of hydrogen-bond donors (Lipinski definition) is 1. The molecule has 0 radical (unpaired) electrons. The van der Waals surface area contributed by atoms with Gasteiger partial charge in [-0.1, -0.05) is 23.7 Å². The lowest BCUT2D eigenvalue weighted by Gasteiger charge is -2.08. The molecule has 4 nitrogen and oxygen atoms in total. The Morgan fingerprint density at radius 1 is 1.00 bits per heavy atom. The highest BCUT2D eigenvalue weighted by Gasteiger charge is 2.02. The van der Waals surface area contributed by atoms with Gasteiger partial charge in [0.15, 0.2) is 5.82 Å². The lowest BCUT2D eigenvalue weighted by atomic mass is 10.1. The van der Waals surface area contributed by atoms with Gasteiger partial charge in [0, 0.05) is 23.5 Å². The Balaban J connectivity index is 2.05. The first-order valence-electron chi connectivity index (χ1n) is 5.40. The van der Waals surface area contributed by atoms with Gasteiger partial charge < -0.3 is 5.32 Å². The van der Waals surface area contributed by atoms with Gasteiger partial charge in [0.05, 0.1) is 12.4 Å². The molecule has 0 fully saturated rings. The van der Waals surface area contributed by atoms with Crippen molar-refractivity contribution in [2.24, 2.45) is 0 Å². The molecule has 0 aliphatic heterocycles. The fourth-order valence-corrected chi connectivity index (χ4v) is 1.91. The minimum atomic E-state index is 0.360. The van der Waals surface area contributed by atoms with Gasteiger partial charge in [-0.05, 0) is 17.5 Å². The van der Waals surface area contributed by atoms with E-state index in [0.29, 0.717) is 11.0 Å². The molecule has 0 unspecified atom stereocenters. The highest BCUT2D eigenvalue weighted by atomic mass is 35.5. The second kappa shape index (κ2) is 4.58. The molecule has 3 rings (SSSR count). The van der Waals surface area contributed by atoms with Gasteiger partial charge in [-0.25, -0.2) is 4.98 Å². The summed E-state index contributed by atoms with van der Waals surface area (Å²) in [5.74, 6) is 0.610. The first kappa shape index (κ1) is 10.9. The van der Waals surface area contributed by atoms with Crippen LogP contribution in [0.15, 0.2) is 49.1 Å². The summed E-state index contributed by atoms with van der Waals surface area (Å²) >= 11 is 5.80. The number of hydrogen-bond acceptors (Lipinski definition) is 4. The van der Waals surface area contributed by atoms with Crippen LogP contribution >= 0.6 is 11.6 Å². The number of aromatic nitrogens is 3. The maximum atomic E-state index is 5.80. The van der Waals surface area contributed by atoms with Crippen molar-refractivity contribution in [3.63, 3.8) is 0 Å². The minimum absolute atomic E-state index is 0.360. The van der Waals surface area contributed by atoms with Crippen molar-refractivity contribution in [2.75, 3.05) is 5.32 Å². The lowest BCUT2D eigenvalue weighted by molar-refractivity contribution is 1.20. The molecule has 18 heavy (non-hydrogen) atoms. The van der Waals surface area contributed by atoms with Crippen LogP contribution in [0.1, 0.15) is 0 Å². The first-order valence-corrected chi connectivity index (χ1v) is 5.78. The average Bonchev–Trinajstić information content (AvgIpc) is 2.39. The second-order valence-electron chi connectivity index (χ2n) is 3.75. The minimum Gasteiger partial charge on any atom is -0.338 e. The van der Waals surface area contributed by atoms with E-state index in [0.717, 1.165) is 16.5 Å². The third-order valence-electron chi connectivity index (χ3n) is 2.55. The number of nitrogens with one attached hydrogen (secondary N) is 1. The fraction of sp³-hybridized carbons (Fsp3) is 0. The van der Waals surface area contributed by atoms with Crippen LogP contribution in [0.3, 0.4) is 0 Å². The maximum absolute atomic E-state index is 5.80. The largest absolute Gasteiger partial charge is 0.338 e. The van der Waals surface area contributed by atoms with E-state index in [1.807, 2.05) is 30.5 Å². The van der Waals surface area contributed by atoms with Gasteiger partial charge in [-0.2, -0.15) is 0 Å². The van der Waals surface area contributed by atoms with Crippen molar-refractivity contribution in [2.45, 2.75) is 0 Å². The summed E-state index contributed by atoms with van der Waals surface area (Å²) in [5, 5.41) is 5.69. The van der Waals surface area contributed by atoms with Crippen molar-refractivity contribution < 1.29 is 0 Å². The van der Waals surface area contributed by atoms with Crippen molar-refractivity contribution >= 4 is 33.9 Å². The zero-order chi connectivity index (χ0) is 12.4. The van der Waals surface area contributed by atoms with E-state index in [1.165, 1.54) is 6.20 Å². The summed E-state index contributed by atoms with van der Waals surface area (Å²) in [6.45, 7) is 0. The smallest absolute Gasteiger partial charge is 0.150 e. The average molecular weight is 257 g/mol. The summed E-state index contributed by atoms with van der Waals surface area (Å²) in [6, 6.07) is 7.94. The quantitative estimate of drug-likeness (QED) is 0.763. The summed E-state index contributed by atoms with van der Waals surface area (Å²) in [6.07, 6.45) is 6.71. The van der Waals surface area contributed by atoms with Crippen LogP contribution in [0.2, 0.25) is 5.15 Å². The molecule has 0 saturated carbocycles. The molecule has 88 valence electrons. The van der Waals surface area contributed by atoms with Gasteiger partial charge in [-0.3, -0.25) is 9.97 Å². The lowest BCUT2D eigenvalue weighted by Crippen LogP contribution is -1.95. The normalized spacial score (nSPS) is 10.5. The number of pyridine rings is 1. The van der Waals surface area contributed by atoms with Gasteiger partial charge in [-0.15, -0.1) is 0 Å². The standard InChI is InChI=1S/C13H9ClN4/c14-12-7-16-8-13(18-12)17-11-3-1-2-9-4-5-15-6-10(9)11/h1-8H,(H,17,18). The molecule has 5 heteroatoms. The van der Waals surface area contributed by atoms with Crippen LogP contribution in [0, 0.1) is 0 Å². The highest BCUT2D eigenvalue weighted by molar-refractivity contribution is 6.29. The van der Waals surface area contributed by atoms with Gasteiger partial charge >= 0.3 is 0 Å². The van der Waals surface area contributed by atoms with Crippen LogP contribution < -0.4 is 5.32 Å². The van der Waals surface area contributed by atoms with Crippen molar-refractivity contribution in [1.82, 2.24) is 15.0 Å². The van der Waals surface area contributed by atoms with Crippen molar-refractivity contribution in [3.8, 4) is 0 Å². The zero-order valence-corrected chi connectivity index (χ0v) is 10.1. The van der Waals surface area contributed by atoms with Crippen LogP contribution in [0.5, 0.6) is 0 Å². The predicted molar refractivity (Wildman–Crippen MR) is 72.1 cm³/mol. The molecule has 0 atom stereocenters. The molecule has 3 aromatic rings. The second-order valence-corrected chi connectivity index (χ2v) is 4.14. The molecular formula is C13H9ClN4. The highest BCUT2D eigenvalue weighted by Crippen LogP contribution is 2.24. The van der Waals surface area contributed by atoms with Crippen molar-refractivity contribution in [3.05, 3.63) is 54.2 Å². The fourth-order valence-electron chi connectivity index (χ4n) is 1.76. The predicted octanol–water partition coefficient (Wildman–Crippen LogP) is 3.42. The van der Waals surface area contributed by atoms with E-state index in [4.69, 9.17) is 11.6 Å². The number of fused-ring (bicyclic) bond motifs is 1. The molecule has 2 heterocycles. The van der Waals surface area contributed by atoms with E-state index in [1.54, 1.807) is 12.4 Å². The Kier molecular flexibility index (Phi) is 2.78. The molecule has 2 aromatic heterocycles. The number of rotatable bonds is 2. The van der Waals surface area contributed by atoms with E-state index in [9.17, 15) is 0 Å². The SMILES string of the molecule is Clc1cncc(Nc2cccc3ccncc23)n1. The van der Waals surface area contributed by atoms with Crippen LogP contribution in [0.4, 0.5) is 11.5 Å². The van der Waals surface area contributed by atoms with E-state index >= 15 is 0 Å². The Morgan fingerprint density at radius 3 is 2.83 bits per heavy atom. The van der Waals surface area contributed by atoms with Gasteiger partial charge in [0.2, 0.25) is 0 Å². The van der Waals surface area contributed by atoms with E-state index in [2.05, 4.69) is 20.3 Å². The Labute approximate surface area is 109 Å². The molecule has 0 spiro atoms. The number of anilines is 2. The summed E-state index contributed by atoms with van der Waals surface area (Å²) in [7, 11) is 0. The maximum Gasteiger partial charge on any atom is 0.150 e. The molecular weight excluding hydrogens is 248 g/mol. The first-order chi connectivity index (χ1) is 8.83. The summed E-state index contributed by atoms with van der Waals surface area (Å²) < 4.78 is 0. The number of nitrogens with zero attached hydrogens (tertiary/aromatic N) is 3. The Hall–Kier alpha value is -2.20.